The van der Waals surface area contributed by atoms with Gasteiger partial charge in [0, 0.05) is 25.2 Å². The Hall–Kier alpha value is -1.12. The molecule has 0 saturated carbocycles. The summed E-state index contributed by atoms with van der Waals surface area (Å²) < 4.78 is 0. The first-order chi connectivity index (χ1) is 8.81. The van der Waals surface area contributed by atoms with Crippen LogP contribution >= 0.6 is 0 Å². The normalized spacial score (nSPS) is 27.5. The van der Waals surface area contributed by atoms with Crippen LogP contribution in [0.1, 0.15) is 32.1 Å². The second-order valence-electron chi connectivity index (χ2n) is 5.13. The van der Waals surface area contributed by atoms with Gasteiger partial charge in [0.05, 0.1) is 19.0 Å². The van der Waals surface area contributed by atoms with Gasteiger partial charge in [-0.15, -0.1) is 0 Å². The van der Waals surface area contributed by atoms with Crippen molar-refractivity contribution in [1.29, 1.82) is 5.26 Å². The average Bonchev–Trinajstić information content (AvgIpc) is 2.80. The van der Waals surface area contributed by atoms with Crippen molar-refractivity contribution in [2.45, 2.75) is 44.2 Å². The van der Waals surface area contributed by atoms with Crippen LogP contribution in [-0.4, -0.2) is 49.1 Å². The van der Waals surface area contributed by atoms with Gasteiger partial charge in [-0.05, 0) is 25.8 Å². The van der Waals surface area contributed by atoms with Gasteiger partial charge in [0.2, 0.25) is 5.91 Å². The quantitative estimate of drug-likeness (QED) is 0.686. The second-order valence-corrected chi connectivity index (χ2v) is 5.13. The highest BCUT2D eigenvalue weighted by molar-refractivity contribution is 5.78. The third-order valence-electron chi connectivity index (χ3n) is 3.94. The van der Waals surface area contributed by atoms with Crippen LogP contribution in [0.3, 0.4) is 0 Å². The molecule has 2 heterocycles. The molecule has 0 bridgehead atoms. The van der Waals surface area contributed by atoms with Crippen LogP contribution in [0, 0.1) is 11.3 Å². The van der Waals surface area contributed by atoms with E-state index in [1.807, 2.05) is 6.07 Å². The molecular weight excluding hydrogens is 228 g/mol. The maximum atomic E-state index is 11.5. The van der Waals surface area contributed by atoms with E-state index >= 15 is 0 Å². The summed E-state index contributed by atoms with van der Waals surface area (Å²) >= 11 is 0. The number of amides is 1. The number of carbonyl (C=O) groups excluding carboxylic acids is 1. The second kappa shape index (κ2) is 6.72. The van der Waals surface area contributed by atoms with Crippen molar-refractivity contribution < 1.29 is 4.79 Å². The fourth-order valence-electron chi connectivity index (χ4n) is 3.03. The fourth-order valence-corrected chi connectivity index (χ4v) is 3.03. The lowest BCUT2D eigenvalue weighted by Crippen LogP contribution is -2.47. The summed E-state index contributed by atoms with van der Waals surface area (Å²) in [6.07, 6.45) is 5.42. The van der Waals surface area contributed by atoms with Gasteiger partial charge in [0.25, 0.3) is 0 Å². The first kappa shape index (κ1) is 13.3. The predicted octanol–water partition coefficient (Wildman–Crippen LogP) is 0.233. The van der Waals surface area contributed by atoms with Crippen molar-refractivity contribution in [3.8, 4) is 6.07 Å². The Labute approximate surface area is 109 Å². The van der Waals surface area contributed by atoms with Crippen LogP contribution in [-0.2, 0) is 4.79 Å². The number of nitrogens with one attached hydrogen (secondary N) is 2. The number of nitriles is 1. The lowest BCUT2D eigenvalue weighted by molar-refractivity contribution is -0.120. The number of hydrogen-bond acceptors (Lipinski definition) is 4. The standard InChI is InChI=1S/C13H22N4O/c14-6-3-7-15-13(18)10-16-11-5-9-17-8-2-1-4-12(11)17/h11-12,16H,1-5,7-10H2,(H,15,18). The topological polar surface area (TPSA) is 68.2 Å². The Kier molecular flexibility index (Phi) is 4.97. The van der Waals surface area contributed by atoms with E-state index in [4.69, 9.17) is 5.26 Å². The molecule has 0 aliphatic carbocycles. The molecule has 0 aromatic rings. The Morgan fingerprint density at radius 2 is 2.22 bits per heavy atom. The van der Waals surface area contributed by atoms with E-state index in [-0.39, 0.29) is 5.91 Å². The summed E-state index contributed by atoms with van der Waals surface area (Å²) in [6, 6.07) is 3.11. The van der Waals surface area contributed by atoms with Crippen molar-refractivity contribution >= 4 is 5.91 Å². The SMILES string of the molecule is N#CCCNC(=O)CNC1CCN2CCCCC12. The van der Waals surface area contributed by atoms with E-state index in [0.29, 0.717) is 31.6 Å². The minimum absolute atomic E-state index is 0.000454. The van der Waals surface area contributed by atoms with Crippen molar-refractivity contribution in [3.05, 3.63) is 0 Å². The number of fused-ring (bicyclic) bond motifs is 1. The van der Waals surface area contributed by atoms with E-state index in [9.17, 15) is 4.79 Å². The summed E-state index contributed by atoms with van der Waals surface area (Å²) in [6.45, 7) is 3.22. The van der Waals surface area contributed by atoms with Gasteiger partial charge in [-0.2, -0.15) is 5.26 Å². The van der Waals surface area contributed by atoms with Gasteiger partial charge in [-0.3, -0.25) is 9.69 Å². The monoisotopic (exact) mass is 250 g/mol. The number of hydrogen-bond donors (Lipinski definition) is 2. The molecule has 2 aliphatic rings. The van der Waals surface area contributed by atoms with E-state index in [2.05, 4.69) is 15.5 Å². The van der Waals surface area contributed by atoms with Crippen LogP contribution in [0.5, 0.6) is 0 Å². The minimum atomic E-state index is -0.000454. The molecule has 2 rings (SSSR count). The van der Waals surface area contributed by atoms with E-state index in [1.165, 1.54) is 32.4 Å². The van der Waals surface area contributed by atoms with Gasteiger partial charge in [-0.1, -0.05) is 6.42 Å². The summed E-state index contributed by atoms with van der Waals surface area (Å²) in [5.41, 5.74) is 0. The van der Waals surface area contributed by atoms with Crippen molar-refractivity contribution in [1.82, 2.24) is 15.5 Å². The van der Waals surface area contributed by atoms with E-state index in [0.717, 1.165) is 6.42 Å². The number of piperidine rings is 1. The molecule has 2 unspecified atom stereocenters. The average molecular weight is 250 g/mol. The molecular formula is C13H22N4O. The van der Waals surface area contributed by atoms with Crippen LogP contribution in [0.25, 0.3) is 0 Å². The predicted molar refractivity (Wildman–Crippen MR) is 68.9 cm³/mol. The van der Waals surface area contributed by atoms with Gasteiger partial charge >= 0.3 is 0 Å². The van der Waals surface area contributed by atoms with Gasteiger partial charge in [0.15, 0.2) is 0 Å². The molecule has 2 N–H and O–H groups in total. The molecule has 100 valence electrons. The Bertz CT molecular complexity index is 325. The molecule has 1 amide bonds. The van der Waals surface area contributed by atoms with Gasteiger partial charge < -0.3 is 10.6 Å². The largest absolute Gasteiger partial charge is 0.354 e. The Morgan fingerprint density at radius 3 is 3.06 bits per heavy atom. The molecule has 2 saturated heterocycles. The van der Waals surface area contributed by atoms with Crippen LogP contribution in [0.4, 0.5) is 0 Å². The smallest absolute Gasteiger partial charge is 0.234 e. The van der Waals surface area contributed by atoms with Gasteiger partial charge in [-0.25, -0.2) is 0 Å². The third kappa shape index (κ3) is 3.44. The number of nitrogens with zero attached hydrogens (tertiary/aromatic N) is 2. The van der Waals surface area contributed by atoms with Crippen molar-refractivity contribution in [2.75, 3.05) is 26.2 Å². The minimum Gasteiger partial charge on any atom is -0.354 e. The molecule has 2 fully saturated rings. The first-order valence-electron chi connectivity index (χ1n) is 6.92. The molecule has 0 spiro atoms. The summed E-state index contributed by atoms with van der Waals surface area (Å²) in [5.74, 6) is -0.000454. The van der Waals surface area contributed by atoms with Crippen LogP contribution in [0.15, 0.2) is 0 Å². The molecule has 0 radical (unpaired) electrons. The zero-order valence-corrected chi connectivity index (χ0v) is 10.8. The summed E-state index contributed by atoms with van der Waals surface area (Å²) in [4.78, 5) is 14.1. The van der Waals surface area contributed by atoms with Crippen molar-refractivity contribution in [3.63, 3.8) is 0 Å². The zero-order valence-electron chi connectivity index (χ0n) is 10.8. The highest BCUT2D eigenvalue weighted by Crippen LogP contribution is 2.26. The summed E-state index contributed by atoms with van der Waals surface area (Å²) in [7, 11) is 0. The maximum absolute atomic E-state index is 11.5. The van der Waals surface area contributed by atoms with E-state index < -0.39 is 0 Å². The highest BCUT2D eigenvalue weighted by atomic mass is 16.1. The van der Waals surface area contributed by atoms with Crippen LogP contribution < -0.4 is 10.6 Å². The summed E-state index contributed by atoms with van der Waals surface area (Å²) in [5, 5.41) is 14.5. The molecule has 0 aromatic heterocycles. The zero-order chi connectivity index (χ0) is 12.8. The lowest BCUT2D eigenvalue weighted by atomic mass is 9.99. The molecule has 2 aliphatic heterocycles. The third-order valence-corrected chi connectivity index (χ3v) is 3.94. The van der Waals surface area contributed by atoms with Crippen molar-refractivity contribution in [2.24, 2.45) is 0 Å². The fraction of sp³-hybridized carbons (Fsp3) is 0.846. The maximum Gasteiger partial charge on any atom is 0.234 e. The molecule has 5 nitrogen and oxygen atoms in total. The Balaban J connectivity index is 1.67. The molecule has 0 aromatic carbocycles. The molecule has 18 heavy (non-hydrogen) atoms. The van der Waals surface area contributed by atoms with Gasteiger partial charge in [0.1, 0.15) is 0 Å². The number of rotatable bonds is 5. The molecule has 5 heteroatoms. The highest BCUT2D eigenvalue weighted by Gasteiger charge is 2.35. The first-order valence-corrected chi connectivity index (χ1v) is 6.92. The molecule has 2 atom stereocenters. The Morgan fingerprint density at radius 1 is 1.33 bits per heavy atom. The lowest BCUT2D eigenvalue weighted by Gasteiger charge is -2.32. The van der Waals surface area contributed by atoms with E-state index in [1.54, 1.807) is 0 Å². The van der Waals surface area contributed by atoms with Crippen LogP contribution in [0.2, 0.25) is 0 Å². The number of carbonyl (C=O) groups is 1.